The van der Waals surface area contributed by atoms with Gasteiger partial charge in [-0.05, 0) is 112 Å². The van der Waals surface area contributed by atoms with Crippen LogP contribution < -0.4 is 0 Å². The zero-order chi connectivity index (χ0) is 19.2. The summed E-state index contributed by atoms with van der Waals surface area (Å²) in [7, 11) is 0. The van der Waals surface area contributed by atoms with Gasteiger partial charge in [0.2, 0.25) is 0 Å². The van der Waals surface area contributed by atoms with Crippen molar-refractivity contribution in [2.24, 2.45) is 59.2 Å². The normalized spacial score (nSPS) is 47.2. The first-order chi connectivity index (χ1) is 13.5. The van der Waals surface area contributed by atoms with Crippen molar-refractivity contribution in [1.82, 2.24) is 0 Å². The fraction of sp³-hybridized carbons (Fsp3) is 0.704. The van der Waals surface area contributed by atoms with Gasteiger partial charge >= 0.3 is 0 Å². The first-order valence-corrected chi connectivity index (χ1v) is 12.7. The van der Waals surface area contributed by atoms with Crippen molar-refractivity contribution in [3.63, 3.8) is 0 Å². The van der Waals surface area contributed by atoms with Crippen molar-refractivity contribution in [2.45, 2.75) is 53.9 Å². The van der Waals surface area contributed by atoms with E-state index in [-0.39, 0.29) is 0 Å². The lowest BCUT2D eigenvalue weighted by Gasteiger charge is -2.75. The second kappa shape index (κ2) is 5.13. The lowest BCUT2D eigenvalue weighted by molar-refractivity contribution is -0.0171. The summed E-state index contributed by atoms with van der Waals surface area (Å²) in [6.45, 7) is 12.3. The highest BCUT2D eigenvalue weighted by molar-refractivity contribution is 7.80. The quantitative estimate of drug-likeness (QED) is 0.500. The third-order valence-electron chi connectivity index (χ3n) is 10.5. The molecule has 9 unspecified atom stereocenters. The van der Waals surface area contributed by atoms with Crippen LogP contribution in [0.4, 0.5) is 0 Å². The van der Waals surface area contributed by atoms with Crippen molar-refractivity contribution >= 4 is 12.6 Å². The molecule has 0 radical (unpaired) electrons. The molecule has 0 amide bonds. The summed E-state index contributed by atoms with van der Waals surface area (Å²) in [4.78, 5) is 0. The summed E-state index contributed by atoms with van der Waals surface area (Å²) in [5, 5.41) is 0. The zero-order valence-corrected chi connectivity index (χ0v) is 18.9. The van der Waals surface area contributed by atoms with Crippen LogP contribution in [0, 0.1) is 59.2 Å². The Kier molecular flexibility index (Phi) is 3.12. The topological polar surface area (TPSA) is 0 Å². The zero-order valence-electron chi connectivity index (χ0n) is 18.0. The van der Waals surface area contributed by atoms with Gasteiger partial charge in [-0.2, -0.15) is 12.6 Å². The number of hydrogen-bond acceptors (Lipinski definition) is 1. The molecule has 7 rings (SSSR count). The Morgan fingerprint density at radius 2 is 1.68 bits per heavy atom. The number of thiol groups is 1. The Labute approximate surface area is 176 Å². The minimum Gasteiger partial charge on any atom is -0.179 e. The van der Waals surface area contributed by atoms with Crippen molar-refractivity contribution < 1.29 is 0 Å². The first kappa shape index (κ1) is 17.0. The molecule has 0 saturated heterocycles. The van der Waals surface area contributed by atoms with E-state index in [0.29, 0.717) is 0 Å². The average molecular weight is 391 g/mol. The van der Waals surface area contributed by atoms with Gasteiger partial charge < -0.3 is 0 Å². The molecule has 9 atom stereocenters. The van der Waals surface area contributed by atoms with Crippen molar-refractivity contribution in [3.8, 4) is 0 Å². The van der Waals surface area contributed by atoms with Crippen molar-refractivity contribution in [2.75, 3.05) is 5.75 Å². The summed E-state index contributed by atoms with van der Waals surface area (Å²) < 4.78 is 0. The second-order valence-corrected chi connectivity index (χ2v) is 11.8. The van der Waals surface area contributed by atoms with E-state index in [4.69, 9.17) is 12.6 Å². The van der Waals surface area contributed by atoms with E-state index < -0.39 is 0 Å². The molecule has 4 saturated carbocycles. The lowest BCUT2D eigenvalue weighted by atomic mass is 9.29. The molecule has 0 spiro atoms. The van der Waals surface area contributed by atoms with Crippen LogP contribution in [0.1, 0.15) is 53.9 Å². The third-order valence-corrected chi connectivity index (χ3v) is 10.9. The monoisotopic (exact) mass is 390 g/mol. The fourth-order valence-corrected chi connectivity index (χ4v) is 9.34. The predicted molar refractivity (Wildman–Crippen MR) is 119 cm³/mol. The molecule has 0 aromatic heterocycles. The first-order valence-electron chi connectivity index (χ1n) is 12.0. The van der Waals surface area contributed by atoms with Crippen LogP contribution >= 0.6 is 12.6 Å². The Bertz CT molecular complexity index is 953. The highest BCUT2D eigenvalue weighted by Gasteiger charge is 2.72. The van der Waals surface area contributed by atoms with E-state index in [9.17, 15) is 0 Å². The van der Waals surface area contributed by atoms with Crippen LogP contribution in [0.5, 0.6) is 0 Å². The standard InChI is InChI=1S/C27H34S/c1-6-11(4)18-15-8-14(15)12(5)19(18)22-17(9-28)23-25-21-16-7-13(10(2)3)20(16)24(21)27(25)26(22)23/h10-11,13,16-18,20,22-23,26,28H,6-9H2,1-5H3. The summed E-state index contributed by atoms with van der Waals surface area (Å²) in [6, 6.07) is 0. The molecule has 28 heavy (non-hydrogen) atoms. The highest BCUT2D eigenvalue weighted by Crippen LogP contribution is 2.81. The van der Waals surface area contributed by atoms with Crippen LogP contribution in [0.15, 0.2) is 44.6 Å². The van der Waals surface area contributed by atoms with Gasteiger partial charge in [0.15, 0.2) is 0 Å². The van der Waals surface area contributed by atoms with E-state index in [0.717, 1.165) is 64.9 Å². The summed E-state index contributed by atoms with van der Waals surface area (Å²) in [6.07, 6.45) is 4.13. The Morgan fingerprint density at radius 1 is 0.964 bits per heavy atom. The summed E-state index contributed by atoms with van der Waals surface area (Å²) in [5.74, 6) is 9.88. The minimum absolute atomic E-state index is 0.785. The predicted octanol–water partition coefficient (Wildman–Crippen LogP) is 6.63. The Balaban J connectivity index is 1.24. The van der Waals surface area contributed by atoms with Gasteiger partial charge in [0.05, 0.1) is 0 Å². The average Bonchev–Trinajstić information content (AvgIpc) is 3.36. The maximum atomic E-state index is 4.88. The lowest BCUT2D eigenvalue weighted by Crippen LogP contribution is -2.67. The molecular weight excluding hydrogens is 356 g/mol. The fourth-order valence-electron chi connectivity index (χ4n) is 8.88. The molecule has 0 aromatic carbocycles. The van der Waals surface area contributed by atoms with E-state index in [1.807, 2.05) is 33.4 Å². The van der Waals surface area contributed by atoms with Gasteiger partial charge in [-0.3, -0.25) is 0 Å². The van der Waals surface area contributed by atoms with Crippen LogP contribution in [0.2, 0.25) is 0 Å². The molecule has 0 aliphatic heterocycles. The van der Waals surface area contributed by atoms with Gasteiger partial charge in [0.1, 0.15) is 0 Å². The van der Waals surface area contributed by atoms with E-state index in [2.05, 4.69) is 34.6 Å². The number of fused-ring (bicyclic) bond motifs is 8. The Morgan fingerprint density at radius 3 is 2.36 bits per heavy atom. The number of rotatable bonds is 5. The van der Waals surface area contributed by atoms with Crippen molar-refractivity contribution in [3.05, 3.63) is 44.6 Å². The van der Waals surface area contributed by atoms with Crippen LogP contribution in [-0.2, 0) is 0 Å². The second-order valence-electron chi connectivity index (χ2n) is 11.5. The molecular formula is C27H34S. The molecule has 148 valence electrons. The molecule has 0 nitrogen and oxygen atoms in total. The number of hydrogen-bond donors (Lipinski definition) is 1. The molecule has 7 aliphatic carbocycles. The molecule has 0 bridgehead atoms. The number of allylic oxidation sites excluding steroid dienone is 8. The van der Waals surface area contributed by atoms with Crippen LogP contribution in [0.3, 0.4) is 0 Å². The largest absolute Gasteiger partial charge is 0.179 e. The van der Waals surface area contributed by atoms with Gasteiger partial charge in [-0.1, -0.05) is 45.3 Å². The SMILES string of the molecule is CCC(C)C1C2=C(C2)C(C)=C1C1C(CS)C2C3=C4C(=C3C21)C1C4CC1C(C)C. The van der Waals surface area contributed by atoms with Gasteiger partial charge in [0.25, 0.3) is 0 Å². The van der Waals surface area contributed by atoms with Gasteiger partial charge in [-0.15, -0.1) is 0 Å². The molecule has 0 aromatic rings. The summed E-state index contributed by atoms with van der Waals surface area (Å²) >= 11 is 4.88. The van der Waals surface area contributed by atoms with Gasteiger partial charge in [0, 0.05) is 5.92 Å². The smallest absolute Gasteiger partial charge is 0.00508 e. The maximum absolute atomic E-state index is 4.88. The molecule has 7 aliphatic rings. The highest BCUT2D eigenvalue weighted by atomic mass is 32.1. The Hall–Kier alpha value is -0.690. The molecule has 1 heteroatoms. The van der Waals surface area contributed by atoms with E-state index in [1.54, 1.807) is 11.1 Å². The summed E-state index contributed by atoms with van der Waals surface area (Å²) in [5.41, 5.74) is 14.7. The minimum atomic E-state index is 0.785. The molecule has 0 N–H and O–H groups in total. The molecule has 0 heterocycles. The van der Waals surface area contributed by atoms with Crippen LogP contribution in [-0.4, -0.2) is 5.75 Å². The van der Waals surface area contributed by atoms with Crippen LogP contribution in [0.25, 0.3) is 0 Å². The third kappa shape index (κ3) is 1.58. The van der Waals surface area contributed by atoms with Gasteiger partial charge in [-0.25, -0.2) is 0 Å². The molecule has 4 fully saturated rings. The van der Waals surface area contributed by atoms with E-state index >= 15 is 0 Å². The van der Waals surface area contributed by atoms with Crippen molar-refractivity contribution in [1.29, 1.82) is 0 Å². The van der Waals surface area contributed by atoms with E-state index in [1.165, 1.54) is 19.3 Å². The maximum Gasteiger partial charge on any atom is 0.00508 e.